The van der Waals surface area contributed by atoms with Crippen LogP contribution in [0.3, 0.4) is 0 Å². The van der Waals surface area contributed by atoms with Crippen LogP contribution in [-0.2, 0) is 6.42 Å². The highest BCUT2D eigenvalue weighted by atomic mass is 79.9. The molecular weight excluding hydrogens is 318 g/mol. The molecule has 0 aliphatic carbocycles. The van der Waals surface area contributed by atoms with Gasteiger partial charge in [0.2, 0.25) is 0 Å². The van der Waals surface area contributed by atoms with E-state index in [2.05, 4.69) is 44.2 Å². The number of ether oxygens (including phenoxy) is 1. The number of benzene rings is 1. The number of aromatic nitrogens is 2. The van der Waals surface area contributed by atoms with Crippen LogP contribution in [0.1, 0.15) is 30.8 Å². The lowest BCUT2D eigenvalue weighted by molar-refractivity contribution is 0.413. The van der Waals surface area contributed by atoms with E-state index < -0.39 is 0 Å². The highest BCUT2D eigenvalue weighted by Crippen LogP contribution is 2.26. The smallest absolute Gasteiger partial charge is 0.123 e. The summed E-state index contributed by atoms with van der Waals surface area (Å²) in [5.74, 6) is 1.84. The van der Waals surface area contributed by atoms with Crippen LogP contribution < -0.4 is 10.1 Å². The SMILES string of the molecule is CCCNC(Cc1cc(OC)ccc1Br)c1ncc[nH]1. The van der Waals surface area contributed by atoms with Crippen molar-refractivity contribution in [3.05, 3.63) is 46.5 Å². The van der Waals surface area contributed by atoms with E-state index in [1.165, 1.54) is 5.56 Å². The molecule has 2 aromatic rings. The largest absolute Gasteiger partial charge is 0.497 e. The lowest BCUT2D eigenvalue weighted by Crippen LogP contribution is -2.25. The summed E-state index contributed by atoms with van der Waals surface area (Å²) < 4.78 is 6.39. The Bertz CT molecular complexity index is 528. The van der Waals surface area contributed by atoms with Crippen molar-refractivity contribution >= 4 is 15.9 Å². The molecule has 0 bridgehead atoms. The number of H-pyrrole nitrogens is 1. The van der Waals surface area contributed by atoms with Crippen LogP contribution in [0.2, 0.25) is 0 Å². The number of nitrogens with one attached hydrogen (secondary N) is 2. The summed E-state index contributed by atoms with van der Waals surface area (Å²) in [6.45, 7) is 3.13. The minimum Gasteiger partial charge on any atom is -0.497 e. The van der Waals surface area contributed by atoms with Crippen molar-refractivity contribution in [3.63, 3.8) is 0 Å². The summed E-state index contributed by atoms with van der Waals surface area (Å²) in [7, 11) is 1.69. The van der Waals surface area contributed by atoms with E-state index in [-0.39, 0.29) is 6.04 Å². The summed E-state index contributed by atoms with van der Waals surface area (Å²) in [6, 6.07) is 6.21. The molecule has 108 valence electrons. The average Bonchev–Trinajstić information content (AvgIpc) is 2.99. The zero-order chi connectivity index (χ0) is 14.4. The fourth-order valence-corrected chi connectivity index (χ4v) is 2.52. The third-order valence-electron chi connectivity index (χ3n) is 3.17. The van der Waals surface area contributed by atoms with Crippen LogP contribution in [0.15, 0.2) is 35.1 Å². The monoisotopic (exact) mass is 337 g/mol. The molecule has 1 aromatic heterocycles. The van der Waals surface area contributed by atoms with Gasteiger partial charge in [0.05, 0.1) is 13.2 Å². The first kappa shape index (κ1) is 15.1. The number of nitrogens with zero attached hydrogens (tertiary/aromatic N) is 1. The molecule has 0 saturated carbocycles. The van der Waals surface area contributed by atoms with Crippen molar-refractivity contribution in [1.82, 2.24) is 15.3 Å². The van der Waals surface area contributed by atoms with Crippen LogP contribution in [0.4, 0.5) is 0 Å². The topological polar surface area (TPSA) is 49.9 Å². The molecule has 20 heavy (non-hydrogen) atoms. The number of imidazole rings is 1. The number of rotatable bonds is 7. The van der Waals surface area contributed by atoms with Crippen LogP contribution in [0, 0.1) is 0 Å². The molecular formula is C15H20BrN3O. The van der Waals surface area contributed by atoms with Gasteiger partial charge in [-0.2, -0.15) is 0 Å². The first-order valence-corrected chi connectivity index (χ1v) is 7.59. The molecule has 5 heteroatoms. The van der Waals surface area contributed by atoms with E-state index in [1.54, 1.807) is 13.3 Å². The molecule has 1 unspecified atom stereocenters. The molecule has 4 nitrogen and oxygen atoms in total. The molecule has 0 amide bonds. The van der Waals surface area contributed by atoms with Gasteiger partial charge in [0.1, 0.15) is 11.6 Å². The van der Waals surface area contributed by atoms with Gasteiger partial charge in [-0.15, -0.1) is 0 Å². The Kier molecular flexibility index (Phi) is 5.61. The minimum atomic E-state index is 0.174. The molecule has 0 aliphatic rings. The Hall–Kier alpha value is -1.33. The Balaban J connectivity index is 2.18. The maximum Gasteiger partial charge on any atom is 0.123 e. The predicted octanol–water partition coefficient (Wildman–Crippen LogP) is 3.46. The Morgan fingerprint density at radius 2 is 2.30 bits per heavy atom. The quantitative estimate of drug-likeness (QED) is 0.813. The summed E-state index contributed by atoms with van der Waals surface area (Å²) >= 11 is 3.61. The van der Waals surface area contributed by atoms with Gasteiger partial charge >= 0.3 is 0 Å². The molecule has 0 aliphatic heterocycles. The minimum absolute atomic E-state index is 0.174. The van der Waals surface area contributed by atoms with E-state index in [0.717, 1.165) is 35.4 Å². The van der Waals surface area contributed by atoms with Gasteiger partial charge in [-0.05, 0) is 43.1 Å². The van der Waals surface area contributed by atoms with Gasteiger partial charge in [0.15, 0.2) is 0 Å². The second-order valence-corrected chi connectivity index (χ2v) is 5.50. The summed E-state index contributed by atoms with van der Waals surface area (Å²) in [4.78, 5) is 7.57. The van der Waals surface area contributed by atoms with Crippen molar-refractivity contribution in [2.75, 3.05) is 13.7 Å². The second-order valence-electron chi connectivity index (χ2n) is 4.64. The maximum absolute atomic E-state index is 5.30. The van der Waals surface area contributed by atoms with Crippen LogP contribution >= 0.6 is 15.9 Å². The first-order valence-electron chi connectivity index (χ1n) is 6.79. The van der Waals surface area contributed by atoms with Crippen molar-refractivity contribution in [2.45, 2.75) is 25.8 Å². The van der Waals surface area contributed by atoms with Crippen LogP contribution in [0.25, 0.3) is 0 Å². The molecule has 0 fully saturated rings. The molecule has 1 heterocycles. The number of halogens is 1. The lowest BCUT2D eigenvalue weighted by Gasteiger charge is -2.17. The maximum atomic E-state index is 5.30. The third kappa shape index (κ3) is 3.84. The van der Waals surface area contributed by atoms with Gasteiger partial charge in [0.25, 0.3) is 0 Å². The highest BCUT2D eigenvalue weighted by molar-refractivity contribution is 9.10. The van der Waals surface area contributed by atoms with Crippen molar-refractivity contribution in [2.24, 2.45) is 0 Å². The van der Waals surface area contributed by atoms with E-state index >= 15 is 0 Å². The van der Waals surface area contributed by atoms with E-state index in [1.807, 2.05) is 18.3 Å². The second kappa shape index (κ2) is 7.45. The van der Waals surface area contributed by atoms with Crippen LogP contribution in [0.5, 0.6) is 5.75 Å². The van der Waals surface area contributed by atoms with E-state index in [0.29, 0.717) is 0 Å². The summed E-state index contributed by atoms with van der Waals surface area (Å²) in [5.41, 5.74) is 1.20. The van der Waals surface area contributed by atoms with Crippen LogP contribution in [-0.4, -0.2) is 23.6 Å². The zero-order valence-corrected chi connectivity index (χ0v) is 13.4. The standard InChI is InChI=1S/C15H20BrN3O/c1-3-6-17-14(15-18-7-8-19-15)10-11-9-12(20-2)4-5-13(11)16/h4-5,7-9,14,17H,3,6,10H2,1-2H3,(H,18,19). The van der Waals surface area contributed by atoms with Gasteiger partial charge in [-0.1, -0.05) is 22.9 Å². The van der Waals surface area contributed by atoms with Gasteiger partial charge < -0.3 is 15.0 Å². The molecule has 0 saturated heterocycles. The number of aromatic amines is 1. The molecule has 1 aromatic carbocycles. The van der Waals surface area contributed by atoms with Gasteiger partial charge in [-0.25, -0.2) is 4.98 Å². The summed E-state index contributed by atoms with van der Waals surface area (Å²) in [6.07, 6.45) is 5.59. The average molecular weight is 338 g/mol. The highest BCUT2D eigenvalue weighted by Gasteiger charge is 2.15. The molecule has 0 radical (unpaired) electrons. The van der Waals surface area contributed by atoms with Crippen molar-refractivity contribution < 1.29 is 4.74 Å². The molecule has 0 spiro atoms. The number of hydrogen-bond acceptors (Lipinski definition) is 3. The Labute approximate surface area is 128 Å². The van der Waals surface area contributed by atoms with Gasteiger partial charge in [0, 0.05) is 16.9 Å². The molecule has 2 N–H and O–H groups in total. The van der Waals surface area contributed by atoms with E-state index in [9.17, 15) is 0 Å². The molecule has 1 atom stereocenters. The van der Waals surface area contributed by atoms with Gasteiger partial charge in [-0.3, -0.25) is 0 Å². The number of hydrogen-bond donors (Lipinski definition) is 2. The fourth-order valence-electron chi connectivity index (χ4n) is 2.11. The van der Waals surface area contributed by atoms with E-state index in [4.69, 9.17) is 4.74 Å². The Morgan fingerprint density at radius 3 is 2.95 bits per heavy atom. The first-order chi connectivity index (χ1) is 9.74. The van der Waals surface area contributed by atoms with Crippen molar-refractivity contribution in [1.29, 1.82) is 0 Å². The number of methoxy groups -OCH3 is 1. The fraction of sp³-hybridized carbons (Fsp3) is 0.400. The zero-order valence-electron chi connectivity index (χ0n) is 11.8. The third-order valence-corrected chi connectivity index (χ3v) is 3.94. The van der Waals surface area contributed by atoms with Crippen molar-refractivity contribution in [3.8, 4) is 5.75 Å². The lowest BCUT2D eigenvalue weighted by atomic mass is 10.0. The normalized spacial score (nSPS) is 12.3. The summed E-state index contributed by atoms with van der Waals surface area (Å²) in [5, 5.41) is 3.53. The molecule has 2 rings (SSSR count). The Morgan fingerprint density at radius 1 is 1.45 bits per heavy atom. The predicted molar refractivity (Wildman–Crippen MR) is 84.0 cm³/mol.